The van der Waals surface area contributed by atoms with Crippen LogP contribution in [0.2, 0.25) is 0 Å². The number of aldehydes is 1. The molecule has 0 unspecified atom stereocenters. The molecule has 0 aliphatic carbocycles. The quantitative estimate of drug-likeness (QED) is 0.850. The molecule has 108 valence electrons. The Morgan fingerprint density at radius 2 is 2.14 bits per heavy atom. The molecule has 0 atom stereocenters. The van der Waals surface area contributed by atoms with Crippen LogP contribution in [0.1, 0.15) is 20.8 Å². The molecule has 1 aromatic heterocycles. The summed E-state index contributed by atoms with van der Waals surface area (Å²) in [5, 5.41) is 12.9. The maximum absolute atomic E-state index is 11.1. The van der Waals surface area contributed by atoms with E-state index in [0.29, 0.717) is 39.1 Å². The van der Waals surface area contributed by atoms with E-state index in [1.165, 1.54) is 10.7 Å². The molecule has 3 rings (SSSR count). The zero-order valence-electron chi connectivity index (χ0n) is 10.8. The molecular weight excluding hydrogens is 344 g/mol. The van der Waals surface area contributed by atoms with Crippen molar-refractivity contribution in [3.05, 3.63) is 27.9 Å². The molecular formula is C13H9BrN2O5. The number of carbonyl (C=O) groups excluding carboxylic acids is 1. The van der Waals surface area contributed by atoms with Crippen LogP contribution in [0.5, 0.6) is 11.5 Å². The van der Waals surface area contributed by atoms with Gasteiger partial charge in [-0.25, -0.2) is 4.79 Å². The number of nitrogens with zero attached hydrogens (tertiary/aromatic N) is 2. The number of carboxylic acid groups (broad SMARTS) is 1. The first-order valence-electron chi connectivity index (χ1n) is 5.88. The minimum absolute atomic E-state index is 0.00324. The van der Waals surface area contributed by atoms with E-state index in [-0.39, 0.29) is 12.5 Å². The van der Waals surface area contributed by atoms with Gasteiger partial charge in [-0.15, -0.1) is 0 Å². The highest BCUT2D eigenvalue weighted by Gasteiger charge is 2.27. The number of carbonyl (C=O) groups is 2. The summed E-state index contributed by atoms with van der Waals surface area (Å²) in [6.07, 6.45) is 0.674. The van der Waals surface area contributed by atoms with Crippen LogP contribution in [-0.2, 0) is 7.05 Å². The monoisotopic (exact) mass is 352 g/mol. The lowest BCUT2D eigenvalue weighted by Crippen LogP contribution is -1.99. The van der Waals surface area contributed by atoms with Gasteiger partial charge in [-0.2, -0.15) is 5.10 Å². The van der Waals surface area contributed by atoms with Gasteiger partial charge in [-0.1, -0.05) is 0 Å². The fourth-order valence-electron chi connectivity index (χ4n) is 2.18. The van der Waals surface area contributed by atoms with Crippen molar-refractivity contribution in [3.8, 4) is 22.8 Å². The summed E-state index contributed by atoms with van der Waals surface area (Å²) in [7, 11) is 1.63. The number of aryl methyl sites for hydroxylation is 1. The van der Waals surface area contributed by atoms with Gasteiger partial charge in [0, 0.05) is 17.1 Å². The first-order chi connectivity index (χ1) is 10.0. The molecule has 0 spiro atoms. The topological polar surface area (TPSA) is 90.7 Å². The predicted molar refractivity (Wildman–Crippen MR) is 74.8 cm³/mol. The van der Waals surface area contributed by atoms with Crippen LogP contribution in [-0.4, -0.2) is 33.9 Å². The summed E-state index contributed by atoms with van der Waals surface area (Å²) in [4.78, 5) is 22.1. The second-order valence-corrected chi connectivity index (χ2v) is 5.20. The SMILES string of the molecule is Cn1nc(C(=O)O)cc1-c1cc(Br)c(C=O)c2c1OCO2. The molecule has 0 saturated carbocycles. The molecule has 0 saturated heterocycles. The average Bonchev–Trinajstić information content (AvgIpc) is 3.04. The standard InChI is InChI=1S/C13H9BrN2O5/c1-16-10(3-9(15-16)13(18)19)6-2-8(14)7(4-17)12-11(6)20-5-21-12/h2-4H,5H2,1H3,(H,18,19). The molecule has 0 radical (unpaired) electrons. The van der Waals surface area contributed by atoms with Crippen molar-refractivity contribution in [1.29, 1.82) is 0 Å². The van der Waals surface area contributed by atoms with Crippen LogP contribution < -0.4 is 9.47 Å². The van der Waals surface area contributed by atoms with E-state index in [2.05, 4.69) is 21.0 Å². The van der Waals surface area contributed by atoms with E-state index in [4.69, 9.17) is 14.6 Å². The summed E-state index contributed by atoms with van der Waals surface area (Å²) in [5.41, 5.74) is 1.43. The Labute approximate surface area is 127 Å². The van der Waals surface area contributed by atoms with Gasteiger partial charge in [-0.3, -0.25) is 9.48 Å². The lowest BCUT2D eigenvalue weighted by Gasteiger charge is -2.09. The molecule has 1 aromatic carbocycles. The van der Waals surface area contributed by atoms with Crippen LogP contribution in [0.4, 0.5) is 0 Å². The number of halogens is 1. The maximum Gasteiger partial charge on any atom is 0.356 e. The molecule has 7 nitrogen and oxygen atoms in total. The highest BCUT2D eigenvalue weighted by Crippen LogP contribution is 2.46. The Balaban J connectivity index is 2.25. The zero-order chi connectivity index (χ0) is 15.1. The number of carboxylic acids is 1. The number of hydrogen-bond donors (Lipinski definition) is 1. The van der Waals surface area contributed by atoms with E-state index in [1.807, 2.05) is 0 Å². The summed E-state index contributed by atoms with van der Waals surface area (Å²) < 4.78 is 12.7. The molecule has 0 amide bonds. The summed E-state index contributed by atoms with van der Waals surface area (Å²) in [6, 6.07) is 3.12. The van der Waals surface area contributed by atoms with Crippen LogP contribution in [0.15, 0.2) is 16.6 Å². The van der Waals surface area contributed by atoms with Gasteiger partial charge in [0.2, 0.25) is 6.79 Å². The van der Waals surface area contributed by atoms with E-state index in [0.717, 1.165) is 0 Å². The minimum Gasteiger partial charge on any atom is -0.476 e. The third-order valence-electron chi connectivity index (χ3n) is 3.12. The lowest BCUT2D eigenvalue weighted by molar-refractivity contribution is 0.0689. The summed E-state index contributed by atoms with van der Waals surface area (Å²) in [6.45, 7) is 0.00324. The first kappa shape index (κ1) is 13.6. The number of aromatic nitrogens is 2. The molecule has 1 aliphatic heterocycles. The van der Waals surface area contributed by atoms with Gasteiger partial charge in [0.15, 0.2) is 23.5 Å². The van der Waals surface area contributed by atoms with Crippen LogP contribution in [0.3, 0.4) is 0 Å². The molecule has 2 aromatic rings. The van der Waals surface area contributed by atoms with Crippen molar-refractivity contribution in [1.82, 2.24) is 9.78 Å². The molecule has 1 aliphatic rings. The van der Waals surface area contributed by atoms with Crippen molar-refractivity contribution in [2.24, 2.45) is 7.05 Å². The second kappa shape index (κ2) is 4.88. The van der Waals surface area contributed by atoms with E-state index >= 15 is 0 Å². The number of hydrogen-bond acceptors (Lipinski definition) is 5. The van der Waals surface area contributed by atoms with Crippen LogP contribution in [0.25, 0.3) is 11.3 Å². The maximum atomic E-state index is 11.1. The van der Waals surface area contributed by atoms with Crippen molar-refractivity contribution in [3.63, 3.8) is 0 Å². The fraction of sp³-hybridized carbons (Fsp3) is 0.154. The lowest BCUT2D eigenvalue weighted by atomic mass is 10.1. The predicted octanol–water partition coefficient (Wildman–Crippen LogP) is 2.09. The number of benzene rings is 1. The van der Waals surface area contributed by atoms with Crippen LogP contribution in [0, 0.1) is 0 Å². The molecule has 21 heavy (non-hydrogen) atoms. The van der Waals surface area contributed by atoms with Crippen molar-refractivity contribution >= 4 is 28.2 Å². The number of rotatable bonds is 3. The third kappa shape index (κ3) is 2.07. The Kier molecular flexibility index (Phi) is 3.17. The van der Waals surface area contributed by atoms with Crippen molar-refractivity contribution < 1.29 is 24.2 Å². The molecule has 1 N–H and O–H groups in total. The average molecular weight is 353 g/mol. The Hall–Kier alpha value is -2.35. The van der Waals surface area contributed by atoms with Gasteiger partial charge >= 0.3 is 5.97 Å². The minimum atomic E-state index is -1.12. The number of ether oxygens (including phenoxy) is 2. The number of aromatic carboxylic acids is 1. The van der Waals surface area contributed by atoms with E-state index < -0.39 is 5.97 Å². The molecule has 8 heteroatoms. The Morgan fingerprint density at radius 1 is 1.43 bits per heavy atom. The summed E-state index contributed by atoms with van der Waals surface area (Å²) >= 11 is 3.31. The van der Waals surface area contributed by atoms with Gasteiger partial charge in [-0.05, 0) is 28.1 Å². The highest BCUT2D eigenvalue weighted by molar-refractivity contribution is 9.10. The summed E-state index contributed by atoms with van der Waals surface area (Å²) in [5.74, 6) is -0.373. The largest absolute Gasteiger partial charge is 0.476 e. The van der Waals surface area contributed by atoms with Crippen molar-refractivity contribution in [2.45, 2.75) is 0 Å². The van der Waals surface area contributed by atoms with E-state index in [9.17, 15) is 9.59 Å². The Bertz CT molecular complexity index is 768. The fourth-order valence-corrected chi connectivity index (χ4v) is 2.68. The smallest absolute Gasteiger partial charge is 0.356 e. The molecule has 2 heterocycles. The van der Waals surface area contributed by atoms with Gasteiger partial charge < -0.3 is 14.6 Å². The van der Waals surface area contributed by atoms with Gasteiger partial charge in [0.25, 0.3) is 0 Å². The normalized spacial score (nSPS) is 12.5. The third-order valence-corrected chi connectivity index (χ3v) is 3.78. The highest BCUT2D eigenvalue weighted by atomic mass is 79.9. The first-order valence-corrected chi connectivity index (χ1v) is 6.67. The second-order valence-electron chi connectivity index (χ2n) is 4.35. The zero-order valence-corrected chi connectivity index (χ0v) is 12.4. The van der Waals surface area contributed by atoms with Gasteiger partial charge in [0.05, 0.1) is 11.3 Å². The molecule has 0 fully saturated rings. The van der Waals surface area contributed by atoms with Crippen LogP contribution >= 0.6 is 15.9 Å². The van der Waals surface area contributed by atoms with Gasteiger partial charge in [0.1, 0.15) is 0 Å². The van der Waals surface area contributed by atoms with Crippen molar-refractivity contribution in [2.75, 3.05) is 6.79 Å². The number of fused-ring (bicyclic) bond motifs is 1. The molecule has 0 bridgehead atoms. The van der Waals surface area contributed by atoms with E-state index in [1.54, 1.807) is 13.1 Å². The Morgan fingerprint density at radius 3 is 2.76 bits per heavy atom.